The molecule has 1 unspecified atom stereocenters. The Bertz CT molecular complexity index is 545. The molecule has 0 aliphatic carbocycles. The topological polar surface area (TPSA) is 55.9 Å². The number of nitrogens with zero attached hydrogens (tertiary/aromatic N) is 2. The molecule has 3 N–H and O–H groups in total. The van der Waals surface area contributed by atoms with Gasteiger partial charge in [-0.1, -0.05) is 31.2 Å². The van der Waals surface area contributed by atoms with Crippen LogP contribution in [0.25, 0.3) is 0 Å². The Kier molecular flexibility index (Phi) is 4.35. The number of hydrogen-bond acceptors (Lipinski definition) is 3. The van der Waals surface area contributed by atoms with Gasteiger partial charge in [0.2, 0.25) is 0 Å². The van der Waals surface area contributed by atoms with Gasteiger partial charge < -0.3 is 0 Å². The molecule has 0 fully saturated rings. The quantitative estimate of drug-likeness (QED) is 0.639. The van der Waals surface area contributed by atoms with Gasteiger partial charge in [0.15, 0.2) is 0 Å². The highest BCUT2D eigenvalue weighted by Crippen LogP contribution is 2.25. The van der Waals surface area contributed by atoms with Gasteiger partial charge >= 0.3 is 0 Å². The minimum Gasteiger partial charge on any atom is -0.271 e. The maximum absolute atomic E-state index is 5.79. The standard InChI is InChI=1S/C15H22N4/c1-4-12-10-14(19(5-2)18-12)15(17-16)13-9-7-6-8-11(13)3/h6-10,15,17H,4-5,16H2,1-3H3. The van der Waals surface area contributed by atoms with Crippen molar-refractivity contribution in [3.8, 4) is 0 Å². The highest BCUT2D eigenvalue weighted by molar-refractivity contribution is 5.35. The van der Waals surface area contributed by atoms with E-state index in [1.54, 1.807) is 0 Å². The van der Waals surface area contributed by atoms with Gasteiger partial charge in [0.05, 0.1) is 17.4 Å². The molecule has 0 bridgehead atoms. The van der Waals surface area contributed by atoms with Crippen LogP contribution in [-0.2, 0) is 13.0 Å². The number of benzene rings is 1. The van der Waals surface area contributed by atoms with Gasteiger partial charge in [-0.25, -0.2) is 5.43 Å². The smallest absolute Gasteiger partial charge is 0.0880 e. The summed E-state index contributed by atoms with van der Waals surface area (Å²) in [5.41, 5.74) is 7.58. The molecular weight excluding hydrogens is 236 g/mol. The first-order chi connectivity index (χ1) is 9.21. The maximum atomic E-state index is 5.79. The second-order valence-electron chi connectivity index (χ2n) is 4.69. The molecule has 1 atom stereocenters. The van der Waals surface area contributed by atoms with Crippen LogP contribution in [0.4, 0.5) is 0 Å². The third kappa shape index (κ3) is 2.69. The molecule has 0 aliphatic heterocycles. The molecule has 19 heavy (non-hydrogen) atoms. The fourth-order valence-corrected chi connectivity index (χ4v) is 2.39. The average molecular weight is 258 g/mol. The highest BCUT2D eigenvalue weighted by Gasteiger charge is 2.19. The van der Waals surface area contributed by atoms with Crippen LogP contribution in [-0.4, -0.2) is 9.78 Å². The van der Waals surface area contributed by atoms with Crippen LogP contribution in [0, 0.1) is 6.92 Å². The number of rotatable bonds is 5. The van der Waals surface area contributed by atoms with Gasteiger partial charge in [-0.15, -0.1) is 0 Å². The van der Waals surface area contributed by atoms with Crippen LogP contribution in [0.15, 0.2) is 30.3 Å². The molecule has 0 spiro atoms. The zero-order chi connectivity index (χ0) is 13.8. The van der Waals surface area contributed by atoms with Crippen molar-refractivity contribution in [2.45, 2.75) is 39.8 Å². The summed E-state index contributed by atoms with van der Waals surface area (Å²) in [7, 11) is 0. The molecule has 0 amide bonds. The molecule has 0 saturated heterocycles. The number of aromatic nitrogens is 2. The first-order valence-corrected chi connectivity index (χ1v) is 6.79. The summed E-state index contributed by atoms with van der Waals surface area (Å²) >= 11 is 0. The van der Waals surface area contributed by atoms with Crippen LogP contribution in [0.2, 0.25) is 0 Å². The molecule has 2 rings (SSSR count). The second-order valence-corrected chi connectivity index (χ2v) is 4.69. The van der Waals surface area contributed by atoms with Crippen LogP contribution in [0.5, 0.6) is 0 Å². The Morgan fingerprint density at radius 3 is 2.63 bits per heavy atom. The molecule has 2 aromatic rings. The predicted molar refractivity (Wildman–Crippen MR) is 77.6 cm³/mol. The van der Waals surface area contributed by atoms with Crippen molar-refractivity contribution in [3.05, 3.63) is 52.8 Å². The van der Waals surface area contributed by atoms with E-state index in [0.717, 1.165) is 24.4 Å². The minimum absolute atomic E-state index is 0.0195. The summed E-state index contributed by atoms with van der Waals surface area (Å²) in [5, 5.41) is 4.59. The summed E-state index contributed by atoms with van der Waals surface area (Å²) in [5.74, 6) is 5.79. The van der Waals surface area contributed by atoms with Gasteiger partial charge in [-0.2, -0.15) is 5.10 Å². The molecule has 0 radical (unpaired) electrons. The van der Waals surface area contributed by atoms with Crippen LogP contribution >= 0.6 is 0 Å². The lowest BCUT2D eigenvalue weighted by atomic mass is 9.99. The number of aryl methyl sites for hydroxylation is 3. The average Bonchev–Trinajstić information content (AvgIpc) is 2.85. The zero-order valence-electron chi connectivity index (χ0n) is 11.9. The van der Waals surface area contributed by atoms with Crippen molar-refractivity contribution in [2.75, 3.05) is 0 Å². The molecule has 4 heteroatoms. The van der Waals surface area contributed by atoms with Crippen molar-refractivity contribution >= 4 is 0 Å². The summed E-state index contributed by atoms with van der Waals surface area (Å²) in [6.45, 7) is 7.17. The monoisotopic (exact) mass is 258 g/mol. The SMILES string of the molecule is CCc1cc(C(NN)c2ccccc2C)n(CC)n1. The van der Waals surface area contributed by atoms with Gasteiger partial charge in [0.25, 0.3) is 0 Å². The van der Waals surface area contributed by atoms with E-state index in [2.05, 4.69) is 49.5 Å². The lowest BCUT2D eigenvalue weighted by Gasteiger charge is -2.19. The zero-order valence-corrected chi connectivity index (χ0v) is 11.9. The molecule has 1 aromatic carbocycles. The highest BCUT2D eigenvalue weighted by atomic mass is 15.3. The number of hydrogen-bond donors (Lipinski definition) is 2. The molecule has 0 saturated carbocycles. The summed E-state index contributed by atoms with van der Waals surface area (Å²) in [4.78, 5) is 0. The van der Waals surface area contributed by atoms with Crippen molar-refractivity contribution < 1.29 is 0 Å². The summed E-state index contributed by atoms with van der Waals surface area (Å²) in [6.07, 6.45) is 0.936. The Labute approximate surface area is 114 Å². The third-order valence-corrected chi connectivity index (χ3v) is 3.49. The van der Waals surface area contributed by atoms with Crippen LogP contribution < -0.4 is 11.3 Å². The third-order valence-electron chi connectivity index (χ3n) is 3.49. The Morgan fingerprint density at radius 2 is 2.05 bits per heavy atom. The summed E-state index contributed by atoms with van der Waals surface area (Å²) < 4.78 is 2.02. The van der Waals surface area contributed by atoms with Crippen LogP contribution in [0.3, 0.4) is 0 Å². The van der Waals surface area contributed by atoms with Crippen molar-refractivity contribution in [3.63, 3.8) is 0 Å². The first kappa shape index (κ1) is 13.8. The Balaban J connectivity index is 2.47. The lowest BCUT2D eigenvalue weighted by molar-refractivity contribution is 0.540. The Hall–Kier alpha value is -1.65. The van der Waals surface area contributed by atoms with E-state index in [0.29, 0.717) is 0 Å². The maximum Gasteiger partial charge on any atom is 0.0880 e. The van der Waals surface area contributed by atoms with E-state index in [4.69, 9.17) is 5.84 Å². The van der Waals surface area contributed by atoms with Gasteiger partial charge in [-0.3, -0.25) is 10.5 Å². The van der Waals surface area contributed by atoms with Crippen molar-refractivity contribution in [1.29, 1.82) is 0 Å². The molecule has 4 nitrogen and oxygen atoms in total. The van der Waals surface area contributed by atoms with E-state index < -0.39 is 0 Å². The molecule has 102 valence electrons. The van der Waals surface area contributed by atoms with E-state index in [1.165, 1.54) is 11.1 Å². The molecule has 1 aromatic heterocycles. The Morgan fingerprint density at radius 1 is 1.32 bits per heavy atom. The van der Waals surface area contributed by atoms with Crippen LogP contribution in [0.1, 0.15) is 42.4 Å². The lowest BCUT2D eigenvalue weighted by Crippen LogP contribution is -2.31. The largest absolute Gasteiger partial charge is 0.271 e. The fourth-order valence-electron chi connectivity index (χ4n) is 2.39. The van der Waals surface area contributed by atoms with Crippen molar-refractivity contribution in [2.24, 2.45) is 5.84 Å². The predicted octanol–water partition coefficient (Wildman–Crippen LogP) is 2.33. The van der Waals surface area contributed by atoms with Gasteiger partial charge in [0, 0.05) is 6.54 Å². The minimum atomic E-state index is -0.0195. The molecule has 0 aliphatic rings. The van der Waals surface area contributed by atoms with E-state index in [-0.39, 0.29) is 6.04 Å². The number of nitrogens with one attached hydrogen (secondary N) is 1. The number of nitrogens with two attached hydrogens (primary N) is 1. The molecule has 1 heterocycles. The normalized spacial score (nSPS) is 12.6. The second kappa shape index (κ2) is 5.99. The van der Waals surface area contributed by atoms with Crippen molar-refractivity contribution in [1.82, 2.24) is 15.2 Å². The van der Waals surface area contributed by atoms with Gasteiger partial charge in [0.1, 0.15) is 0 Å². The number of hydrazine groups is 1. The first-order valence-electron chi connectivity index (χ1n) is 6.79. The summed E-state index contributed by atoms with van der Waals surface area (Å²) in [6, 6.07) is 10.4. The van der Waals surface area contributed by atoms with Gasteiger partial charge in [-0.05, 0) is 37.5 Å². The van der Waals surface area contributed by atoms with E-state index in [1.807, 2.05) is 16.8 Å². The van der Waals surface area contributed by atoms with E-state index >= 15 is 0 Å². The molecular formula is C15H22N4. The van der Waals surface area contributed by atoms with E-state index in [9.17, 15) is 0 Å². The fraction of sp³-hybridized carbons (Fsp3) is 0.400.